The summed E-state index contributed by atoms with van der Waals surface area (Å²) < 4.78 is 3.82. The Morgan fingerprint density at radius 1 is 1.17 bits per heavy atom. The number of benzene rings is 1. The molecule has 0 aliphatic rings. The van der Waals surface area contributed by atoms with E-state index in [2.05, 4.69) is 57.3 Å². The van der Waals surface area contributed by atoms with Gasteiger partial charge in [-0.1, -0.05) is 11.6 Å². The van der Waals surface area contributed by atoms with Crippen LogP contribution >= 0.6 is 68.1 Å². The van der Waals surface area contributed by atoms with Crippen molar-refractivity contribution in [2.24, 2.45) is 0 Å². The van der Waals surface area contributed by atoms with E-state index in [1.807, 2.05) is 5.38 Å². The van der Waals surface area contributed by atoms with Crippen LogP contribution in [0.4, 0.5) is 0 Å². The van der Waals surface area contributed by atoms with Crippen molar-refractivity contribution in [1.29, 1.82) is 0 Å². The molecular weight excluding hydrogens is 417 g/mol. The number of hydrogen-bond acceptors (Lipinski definition) is 1. The van der Waals surface area contributed by atoms with E-state index in [0.29, 0.717) is 0 Å². The molecule has 1 heterocycles. The average Bonchev–Trinajstić information content (AvgIpc) is 2.35. The lowest BCUT2D eigenvalue weighted by Gasteiger charge is -1.96. The first-order valence-corrected chi connectivity index (χ1v) is 6.62. The van der Waals surface area contributed by atoms with E-state index in [1.165, 1.54) is 17.2 Å². The SMILES string of the molecule is Clc1csc2cc(I)c(I)cc12. The molecule has 2 rings (SSSR count). The molecule has 0 nitrogen and oxygen atoms in total. The normalized spacial score (nSPS) is 10.9. The largest absolute Gasteiger partial charge is 0.142 e. The van der Waals surface area contributed by atoms with Gasteiger partial charge in [-0.2, -0.15) is 0 Å². The first-order valence-electron chi connectivity index (χ1n) is 3.20. The van der Waals surface area contributed by atoms with Gasteiger partial charge in [0.15, 0.2) is 0 Å². The van der Waals surface area contributed by atoms with E-state index in [1.54, 1.807) is 11.3 Å². The number of fused-ring (bicyclic) bond motifs is 1. The zero-order valence-corrected chi connectivity index (χ0v) is 11.7. The second-order valence-corrected chi connectivity index (χ2v) is 5.99. The predicted octanol–water partition coefficient (Wildman–Crippen LogP) is 4.76. The zero-order valence-electron chi connectivity index (χ0n) is 5.77. The van der Waals surface area contributed by atoms with Crippen LogP contribution in [0.2, 0.25) is 5.02 Å². The van der Waals surface area contributed by atoms with Crippen LogP contribution < -0.4 is 0 Å². The fourth-order valence-corrected chi connectivity index (χ4v) is 3.32. The molecule has 0 atom stereocenters. The van der Waals surface area contributed by atoms with Gasteiger partial charge in [0.25, 0.3) is 0 Å². The van der Waals surface area contributed by atoms with Crippen molar-refractivity contribution in [1.82, 2.24) is 0 Å². The standard InChI is InChI=1S/C8H3ClI2S/c9-5-3-12-8-2-7(11)6(10)1-4(5)8/h1-3H. The smallest absolute Gasteiger partial charge is 0.0592 e. The summed E-state index contributed by atoms with van der Waals surface area (Å²) in [6, 6.07) is 4.31. The Bertz CT molecular complexity index is 436. The van der Waals surface area contributed by atoms with E-state index in [4.69, 9.17) is 11.6 Å². The van der Waals surface area contributed by atoms with Crippen LogP contribution in [0.1, 0.15) is 0 Å². The maximum absolute atomic E-state index is 6.00. The van der Waals surface area contributed by atoms with Gasteiger partial charge in [-0.15, -0.1) is 11.3 Å². The van der Waals surface area contributed by atoms with Gasteiger partial charge in [-0.05, 0) is 57.3 Å². The van der Waals surface area contributed by atoms with Gasteiger partial charge < -0.3 is 0 Å². The quantitative estimate of drug-likeness (QED) is 0.539. The lowest BCUT2D eigenvalue weighted by molar-refractivity contribution is 1.67. The molecule has 12 heavy (non-hydrogen) atoms. The summed E-state index contributed by atoms with van der Waals surface area (Å²) in [5, 5.41) is 4.02. The van der Waals surface area contributed by atoms with Crippen molar-refractivity contribution in [2.75, 3.05) is 0 Å². The van der Waals surface area contributed by atoms with E-state index in [0.717, 1.165) is 5.02 Å². The Kier molecular flexibility index (Phi) is 2.84. The Morgan fingerprint density at radius 2 is 1.83 bits per heavy atom. The van der Waals surface area contributed by atoms with Crippen molar-refractivity contribution in [3.8, 4) is 0 Å². The topological polar surface area (TPSA) is 0 Å². The zero-order chi connectivity index (χ0) is 8.72. The lowest BCUT2D eigenvalue weighted by atomic mass is 10.3. The van der Waals surface area contributed by atoms with Crippen molar-refractivity contribution in [3.63, 3.8) is 0 Å². The summed E-state index contributed by atoms with van der Waals surface area (Å²) in [5.41, 5.74) is 0. The van der Waals surface area contributed by atoms with Crippen molar-refractivity contribution >= 4 is 78.2 Å². The van der Waals surface area contributed by atoms with Gasteiger partial charge in [-0.25, -0.2) is 0 Å². The molecule has 62 valence electrons. The van der Waals surface area contributed by atoms with Gasteiger partial charge in [0.2, 0.25) is 0 Å². The molecule has 0 unspecified atom stereocenters. The van der Waals surface area contributed by atoms with E-state index in [9.17, 15) is 0 Å². The van der Waals surface area contributed by atoms with Gasteiger partial charge >= 0.3 is 0 Å². The molecule has 0 fully saturated rings. The monoisotopic (exact) mass is 420 g/mol. The summed E-state index contributed by atoms with van der Waals surface area (Å²) in [5.74, 6) is 0. The maximum atomic E-state index is 6.00. The van der Waals surface area contributed by atoms with Gasteiger partial charge in [0.1, 0.15) is 0 Å². The van der Waals surface area contributed by atoms with Gasteiger partial charge in [0, 0.05) is 22.6 Å². The van der Waals surface area contributed by atoms with E-state index < -0.39 is 0 Å². The Balaban J connectivity index is 2.87. The summed E-state index contributed by atoms with van der Waals surface area (Å²) in [4.78, 5) is 0. The number of rotatable bonds is 0. The molecule has 0 spiro atoms. The number of halogens is 3. The molecule has 0 aliphatic heterocycles. The van der Waals surface area contributed by atoms with Crippen LogP contribution in [0.5, 0.6) is 0 Å². The molecule has 1 aromatic heterocycles. The molecule has 0 amide bonds. The van der Waals surface area contributed by atoms with Crippen molar-refractivity contribution < 1.29 is 0 Å². The molecule has 0 N–H and O–H groups in total. The molecule has 0 bridgehead atoms. The second-order valence-electron chi connectivity index (χ2n) is 2.35. The molecule has 1 aromatic carbocycles. The van der Waals surface area contributed by atoms with Crippen LogP contribution in [0, 0.1) is 7.14 Å². The minimum atomic E-state index is 0.865. The average molecular weight is 420 g/mol. The summed E-state index contributed by atoms with van der Waals surface area (Å²) in [7, 11) is 0. The third-order valence-corrected chi connectivity index (χ3v) is 5.77. The first kappa shape index (κ1) is 9.48. The van der Waals surface area contributed by atoms with Crippen LogP contribution in [-0.2, 0) is 0 Å². The minimum Gasteiger partial charge on any atom is -0.142 e. The summed E-state index contributed by atoms with van der Waals surface area (Å²) in [6.45, 7) is 0. The highest BCUT2D eigenvalue weighted by atomic mass is 127. The highest BCUT2D eigenvalue weighted by Gasteiger charge is 2.04. The van der Waals surface area contributed by atoms with E-state index >= 15 is 0 Å². The van der Waals surface area contributed by atoms with Crippen LogP contribution in [0.15, 0.2) is 17.5 Å². The highest BCUT2D eigenvalue weighted by Crippen LogP contribution is 2.33. The Morgan fingerprint density at radius 3 is 2.58 bits per heavy atom. The minimum absolute atomic E-state index is 0.865. The fraction of sp³-hybridized carbons (Fsp3) is 0. The Labute approximate surface area is 107 Å². The van der Waals surface area contributed by atoms with Crippen molar-refractivity contribution in [3.05, 3.63) is 29.7 Å². The second kappa shape index (κ2) is 3.59. The highest BCUT2D eigenvalue weighted by molar-refractivity contribution is 14.1. The molecule has 4 heteroatoms. The van der Waals surface area contributed by atoms with Crippen LogP contribution in [0.25, 0.3) is 10.1 Å². The van der Waals surface area contributed by atoms with Crippen LogP contribution in [-0.4, -0.2) is 0 Å². The lowest BCUT2D eigenvalue weighted by Crippen LogP contribution is -1.76. The van der Waals surface area contributed by atoms with Gasteiger partial charge in [0.05, 0.1) is 5.02 Å². The summed E-state index contributed by atoms with van der Waals surface area (Å²) in [6.07, 6.45) is 0. The summed E-state index contributed by atoms with van der Waals surface area (Å²) >= 11 is 12.4. The Hall–Kier alpha value is 0.930. The first-order chi connectivity index (χ1) is 5.68. The molecule has 0 saturated heterocycles. The van der Waals surface area contributed by atoms with Gasteiger partial charge in [-0.3, -0.25) is 0 Å². The maximum Gasteiger partial charge on any atom is 0.0592 e. The molecule has 0 aliphatic carbocycles. The third-order valence-electron chi connectivity index (χ3n) is 1.57. The van der Waals surface area contributed by atoms with E-state index in [-0.39, 0.29) is 0 Å². The predicted molar refractivity (Wildman–Crippen MR) is 72.3 cm³/mol. The van der Waals surface area contributed by atoms with Crippen molar-refractivity contribution in [2.45, 2.75) is 0 Å². The van der Waals surface area contributed by atoms with Crippen LogP contribution in [0.3, 0.4) is 0 Å². The molecule has 0 saturated carbocycles. The third kappa shape index (κ3) is 1.60. The molecular formula is C8H3ClI2S. The fourth-order valence-electron chi connectivity index (χ4n) is 0.991. The number of thiophene rings is 1. The molecule has 2 aromatic rings. The molecule has 0 radical (unpaired) electrons. The number of hydrogen-bond donors (Lipinski definition) is 0.